The number of hydrogen-bond donors (Lipinski definition) is 1. The van der Waals surface area contributed by atoms with E-state index in [1.165, 1.54) is 10.9 Å². The zero-order valence-electron chi connectivity index (χ0n) is 13.6. The second kappa shape index (κ2) is 7.11. The van der Waals surface area contributed by atoms with E-state index in [0.717, 1.165) is 0 Å². The number of amides is 1. The highest BCUT2D eigenvalue weighted by Crippen LogP contribution is 2.20. The molecule has 0 bridgehead atoms. The lowest BCUT2D eigenvalue weighted by Crippen LogP contribution is -2.38. The van der Waals surface area contributed by atoms with Crippen molar-refractivity contribution < 1.29 is 14.6 Å². The number of hydrogen-bond acceptors (Lipinski definition) is 5. The molecular formula is C17H21N3O4. The molecule has 2 atom stereocenters. The fraction of sp³-hybridized carbons (Fsp3) is 0.471. The number of aliphatic hydroxyl groups is 1. The van der Waals surface area contributed by atoms with Crippen molar-refractivity contribution in [3.8, 4) is 0 Å². The van der Waals surface area contributed by atoms with Crippen LogP contribution in [0, 0.1) is 0 Å². The standard InChI is InChI=1S/C17H21N3O4/c1-24-13-8-12(10-21)20(9-13)16(22)6-7-19-11-18-15-5-3-2-4-14(15)17(19)23/h2-5,11-13,21H,6-10H2,1H3/t12-,13+/m0/s1. The number of fused-ring (bicyclic) bond motifs is 1. The number of nitrogens with zero attached hydrogens (tertiary/aromatic N) is 3. The van der Waals surface area contributed by atoms with Crippen LogP contribution in [0.5, 0.6) is 0 Å². The summed E-state index contributed by atoms with van der Waals surface area (Å²) >= 11 is 0. The maximum absolute atomic E-state index is 12.4. The van der Waals surface area contributed by atoms with Crippen molar-refractivity contribution in [3.63, 3.8) is 0 Å². The molecule has 2 heterocycles. The average molecular weight is 331 g/mol. The molecule has 1 N–H and O–H groups in total. The predicted molar refractivity (Wildman–Crippen MR) is 88.6 cm³/mol. The van der Waals surface area contributed by atoms with Gasteiger partial charge < -0.3 is 14.7 Å². The molecule has 7 heteroatoms. The first-order valence-electron chi connectivity index (χ1n) is 8.01. The van der Waals surface area contributed by atoms with Gasteiger partial charge in [0.05, 0.1) is 36.0 Å². The first-order valence-corrected chi connectivity index (χ1v) is 8.01. The van der Waals surface area contributed by atoms with Gasteiger partial charge in [0, 0.05) is 26.6 Å². The molecule has 1 fully saturated rings. The highest BCUT2D eigenvalue weighted by Gasteiger charge is 2.34. The van der Waals surface area contributed by atoms with Gasteiger partial charge in [-0.2, -0.15) is 0 Å². The van der Waals surface area contributed by atoms with Gasteiger partial charge in [-0.3, -0.25) is 14.2 Å². The average Bonchev–Trinajstić information content (AvgIpc) is 3.05. The Morgan fingerprint density at radius 2 is 2.21 bits per heavy atom. The van der Waals surface area contributed by atoms with Gasteiger partial charge in [-0.05, 0) is 18.6 Å². The van der Waals surface area contributed by atoms with Gasteiger partial charge in [0.1, 0.15) is 0 Å². The first-order chi connectivity index (χ1) is 11.6. The van der Waals surface area contributed by atoms with Gasteiger partial charge in [0.2, 0.25) is 5.91 Å². The van der Waals surface area contributed by atoms with Crippen molar-refractivity contribution in [1.82, 2.24) is 14.5 Å². The van der Waals surface area contributed by atoms with Gasteiger partial charge >= 0.3 is 0 Å². The summed E-state index contributed by atoms with van der Waals surface area (Å²) in [5.41, 5.74) is 0.496. The Bertz CT molecular complexity index is 789. The van der Waals surface area contributed by atoms with Crippen LogP contribution in [-0.4, -0.2) is 57.9 Å². The molecule has 128 valence electrons. The fourth-order valence-corrected chi connectivity index (χ4v) is 3.15. The van der Waals surface area contributed by atoms with Crippen LogP contribution in [0.4, 0.5) is 0 Å². The Hall–Kier alpha value is -2.25. The third-order valence-electron chi connectivity index (χ3n) is 4.54. The number of aromatic nitrogens is 2. The number of benzene rings is 1. The zero-order chi connectivity index (χ0) is 17.1. The summed E-state index contributed by atoms with van der Waals surface area (Å²) in [6.07, 6.45) is 2.25. The normalized spacial score (nSPS) is 20.7. The Morgan fingerprint density at radius 1 is 1.42 bits per heavy atom. The molecule has 1 amide bonds. The monoisotopic (exact) mass is 331 g/mol. The molecule has 1 aliphatic rings. The molecule has 0 saturated carbocycles. The molecule has 0 unspecified atom stereocenters. The van der Waals surface area contributed by atoms with Crippen LogP contribution in [-0.2, 0) is 16.1 Å². The molecule has 1 aromatic heterocycles. The first kappa shape index (κ1) is 16.6. The van der Waals surface area contributed by atoms with Gasteiger partial charge in [0.15, 0.2) is 0 Å². The van der Waals surface area contributed by atoms with Crippen LogP contribution in [0.15, 0.2) is 35.4 Å². The fourth-order valence-electron chi connectivity index (χ4n) is 3.15. The van der Waals surface area contributed by atoms with Crippen molar-refractivity contribution in [3.05, 3.63) is 40.9 Å². The number of methoxy groups -OCH3 is 1. The zero-order valence-corrected chi connectivity index (χ0v) is 13.6. The number of carbonyl (C=O) groups is 1. The van der Waals surface area contributed by atoms with Gasteiger partial charge in [-0.1, -0.05) is 12.1 Å². The van der Waals surface area contributed by atoms with Gasteiger partial charge in [-0.25, -0.2) is 4.98 Å². The molecule has 2 aromatic rings. The predicted octanol–water partition coefficient (Wildman–Crippen LogP) is 0.395. The molecule has 0 radical (unpaired) electrons. The van der Waals surface area contributed by atoms with Crippen molar-refractivity contribution >= 4 is 16.8 Å². The largest absolute Gasteiger partial charge is 0.394 e. The van der Waals surface area contributed by atoms with Gasteiger partial charge in [-0.15, -0.1) is 0 Å². The summed E-state index contributed by atoms with van der Waals surface area (Å²) in [6.45, 7) is 0.663. The molecule has 7 nitrogen and oxygen atoms in total. The minimum atomic E-state index is -0.214. The number of likely N-dealkylation sites (tertiary alicyclic amines) is 1. The molecule has 0 aliphatic carbocycles. The maximum Gasteiger partial charge on any atom is 0.261 e. The Labute approximate surface area is 139 Å². The maximum atomic E-state index is 12.4. The smallest absolute Gasteiger partial charge is 0.261 e. The highest BCUT2D eigenvalue weighted by molar-refractivity contribution is 5.78. The van der Waals surface area contributed by atoms with E-state index in [-0.39, 0.29) is 43.2 Å². The SMILES string of the molecule is CO[C@@H]1C[C@@H](CO)N(C(=O)CCn2cnc3ccccc3c2=O)C1. The van der Waals surface area contributed by atoms with Crippen molar-refractivity contribution in [2.75, 3.05) is 20.3 Å². The van der Waals surface area contributed by atoms with Crippen LogP contribution < -0.4 is 5.56 Å². The number of aliphatic hydroxyl groups excluding tert-OH is 1. The van der Waals surface area contributed by atoms with E-state index in [4.69, 9.17) is 4.74 Å². The number of ether oxygens (including phenoxy) is 1. The summed E-state index contributed by atoms with van der Waals surface area (Å²) in [7, 11) is 1.60. The van der Waals surface area contributed by atoms with E-state index in [0.29, 0.717) is 23.9 Å². The molecule has 1 aromatic carbocycles. The van der Waals surface area contributed by atoms with Crippen LogP contribution in [0.2, 0.25) is 0 Å². The Morgan fingerprint density at radius 3 is 2.96 bits per heavy atom. The number of carbonyl (C=O) groups excluding carboxylic acids is 1. The summed E-state index contributed by atoms with van der Waals surface area (Å²) in [5, 5.41) is 9.97. The van der Waals surface area contributed by atoms with Gasteiger partial charge in [0.25, 0.3) is 5.56 Å². The summed E-state index contributed by atoms with van der Waals surface area (Å²) in [6, 6.07) is 6.93. The summed E-state index contributed by atoms with van der Waals surface area (Å²) in [5.74, 6) is -0.0892. The minimum Gasteiger partial charge on any atom is -0.394 e. The highest BCUT2D eigenvalue weighted by atomic mass is 16.5. The second-order valence-corrected chi connectivity index (χ2v) is 5.99. The van der Waals surface area contributed by atoms with Crippen LogP contribution in [0.3, 0.4) is 0 Å². The van der Waals surface area contributed by atoms with E-state index >= 15 is 0 Å². The number of para-hydroxylation sites is 1. The topological polar surface area (TPSA) is 84.7 Å². The molecule has 24 heavy (non-hydrogen) atoms. The lowest BCUT2D eigenvalue weighted by molar-refractivity contribution is -0.133. The number of rotatable bonds is 5. The lowest BCUT2D eigenvalue weighted by atomic mass is 10.2. The van der Waals surface area contributed by atoms with E-state index in [1.807, 2.05) is 6.07 Å². The summed E-state index contributed by atoms with van der Waals surface area (Å²) < 4.78 is 6.74. The molecule has 1 saturated heterocycles. The Balaban J connectivity index is 1.70. The molecule has 1 aliphatic heterocycles. The van der Waals surface area contributed by atoms with Crippen molar-refractivity contribution in [2.45, 2.75) is 31.5 Å². The third-order valence-corrected chi connectivity index (χ3v) is 4.54. The third kappa shape index (κ3) is 3.18. The van der Waals surface area contributed by atoms with Crippen LogP contribution in [0.25, 0.3) is 10.9 Å². The Kier molecular flexibility index (Phi) is 4.92. The summed E-state index contributed by atoms with van der Waals surface area (Å²) in [4.78, 5) is 30.8. The van der Waals surface area contributed by atoms with Crippen LogP contribution in [0.1, 0.15) is 12.8 Å². The van der Waals surface area contributed by atoms with E-state index in [1.54, 1.807) is 30.2 Å². The van der Waals surface area contributed by atoms with Crippen molar-refractivity contribution in [1.29, 1.82) is 0 Å². The number of aryl methyl sites for hydroxylation is 1. The lowest BCUT2D eigenvalue weighted by Gasteiger charge is -2.22. The second-order valence-electron chi connectivity index (χ2n) is 5.99. The molecular weight excluding hydrogens is 310 g/mol. The van der Waals surface area contributed by atoms with Crippen molar-refractivity contribution in [2.24, 2.45) is 0 Å². The molecule has 3 rings (SSSR count). The molecule has 0 spiro atoms. The minimum absolute atomic E-state index is 0.0452. The van der Waals surface area contributed by atoms with Crippen LogP contribution >= 0.6 is 0 Å². The quantitative estimate of drug-likeness (QED) is 0.857. The van der Waals surface area contributed by atoms with E-state index < -0.39 is 0 Å². The van der Waals surface area contributed by atoms with E-state index in [9.17, 15) is 14.7 Å². The van der Waals surface area contributed by atoms with E-state index in [2.05, 4.69) is 4.98 Å².